The van der Waals surface area contributed by atoms with E-state index in [9.17, 15) is 18.8 Å². The third kappa shape index (κ3) is 3.91. The van der Waals surface area contributed by atoms with Crippen LogP contribution in [0.1, 0.15) is 52.5 Å². The Kier molecular flexibility index (Phi) is 5.83. The molecular weight excluding hydrogens is 556 g/mol. The fraction of sp³-hybridized carbons (Fsp3) is 0.345. The van der Waals surface area contributed by atoms with Crippen LogP contribution in [0, 0.1) is 5.82 Å². The molecule has 3 fully saturated rings. The number of methoxy groups -OCH3 is 1. The highest BCUT2D eigenvalue weighted by atomic mass is 32.2. The standard InChI is InChI=1S/C29H25F2N3O6S/c1-38-27(37)40-16-39-25-20(35)9-10-33-24(25)26(36)32(29-12-28(31,13-29)14-29)15-34(33)23-18-6-2-3-8-21(18)41-11-17-5-4-7-19(30)22(17)23/h2-10,23H,11-16H2,1H3/t23-,28?,29?/m1/s1. The molecule has 0 N–H and O–H groups in total. The SMILES string of the molecule is COC(=O)OCOc1c2n(ccc1=O)N([C@@H]1c3ccccc3SCc3cccc(F)c31)CN(C13CC(F)(C1)C3)C2=O. The van der Waals surface area contributed by atoms with Gasteiger partial charge in [0.1, 0.15) is 24.2 Å². The van der Waals surface area contributed by atoms with Crippen LogP contribution in [0.2, 0.25) is 0 Å². The first-order valence-corrected chi connectivity index (χ1v) is 14.1. The summed E-state index contributed by atoms with van der Waals surface area (Å²) in [5, 5.41) is 1.82. The van der Waals surface area contributed by atoms with Crippen LogP contribution in [0.15, 0.2) is 64.4 Å². The Morgan fingerprint density at radius 3 is 2.63 bits per heavy atom. The normalized spacial score (nSPS) is 25.5. The molecule has 0 spiro atoms. The van der Waals surface area contributed by atoms with E-state index in [1.807, 2.05) is 35.3 Å². The van der Waals surface area contributed by atoms with Gasteiger partial charge in [0.15, 0.2) is 5.69 Å². The predicted molar refractivity (Wildman–Crippen MR) is 144 cm³/mol. The molecule has 41 heavy (non-hydrogen) atoms. The van der Waals surface area contributed by atoms with Gasteiger partial charge in [-0.1, -0.05) is 30.3 Å². The van der Waals surface area contributed by atoms with Gasteiger partial charge in [0.2, 0.25) is 18.0 Å². The molecule has 0 saturated heterocycles. The number of carbonyl (C=O) groups is 2. The maximum absolute atomic E-state index is 15.8. The lowest BCUT2D eigenvalue weighted by Crippen LogP contribution is -2.79. The van der Waals surface area contributed by atoms with Gasteiger partial charge in [-0.05, 0) is 23.3 Å². The minimum Gasteiger partial charge on any atom is -0.451 e. The van der Waals surface area contributed by atoms with Crippen molar-refractivity contribution in [3.05, 3.63) is 93.2 Å². The number of rotatable bonds is 5. The summed E-state index contributed by atoms with van der Waals surface area (Å²) in [4.78, 5) is 41.2. The first-order chi connectivity index (χ1) is 19.7. The van der Waals surface area contributed by atoms with Crippen molar-refractivity contribution < 1.29 is 32.6 Å². The monoisotopic (exact) mass is 581 g/mol. The quantitative estimate of drug-likeness (QED) is 0.322. The van der Waals surface area contributed by atoms with Crippen LogP contribution >= 0.6 is 11.8 Å². The average Bonchev–Trinajstić information content (AvgIpc) is 3.10. The molecule has 2 aromatic carbocycles. The van der Waals surface area contributed by atoms with Crippen LogP contribution < -0.4 is 15.2 Å². The van der Waals surface area contributed by atoms with Crippen LogP contribution in [0.5, 0.6) is 5.75 Å². The van der Waals surface area contributed by atoms with Gasteiger partial charge in [-0.2, -0.15) is 0 Å². The van der Waals surface area contributed by atoms with Crippen molar-refractivity contribution in [2.75, 3.05) is 25.6 Å². The third-order valence-corrected chi connectivity index (χ3v) is 9.55. The van der Waals surface area contributed by atoms with E-state index in [-0.39, 0.29) is 37.4 Å². The molecule has 2 bridgehead atoms. The summed E-state index contributed by atoms with van der Waals surface area (Å²) < 4.78 is 46.9. The zero-order valence-corrected chi connectivity index (χ0v) is 22.8. The molecule has 3 saturated carbocycles. The zero-order valence-electron chi connectivity index (χ0n) is 22.0. The molecule has 0 unspecified atom stereocenters. The number of fused-ring (bicyclic) bond motifs is 3. The third-order valence-electron chi connectivity index (χ3n) is 8.41. The molecule has 12 heteroatoms. The Hall–Kier alpha value is -4.06. The molecule has 3 aromatic rings. The number of alkyl halides is 1. The first kappa shape index (κ1) is 25.9. The molecule has 9 nitrogen and oxygen atoms in total. The van der Waals surface area contributed by atoms with Gasteiger partial charge >= 0.3 is 6.16 Å². The molecule has 3 heterocycles. The van der Waals surface area contributed by atoms with E-state index < -0.39 is 47.4 Å². The smallest absolute Gasteiger partial charge is 0.451 e. The molecule has 8 rings (SSSR count). The van der Waals surface area contributed by atoms with Crippen LogP contribution in [-0.4, -0.2) is 53.4 Å². The Morgan fingerprint density at radius 1 is 1.10 bits per heavy atom. The van der Waals surface area contributed by atoms with Gasteiger partial charge in [0.25, 0.3) is 5.91 Å². The summed E-state index contributed by atoms with van der Waals surface area (Å²) in [5.41, 5.74) is -0.630. The van der Waals surface area contributed by atoms with Crippen molar-refractivity contribution in [2.24, 2.45) is 0 Å². The number of hydrogen-bond acceptors (Lipinski definition) is 8. The van der Waals surface area contributed by atoms with Gasteiger partial charge in [-0.25, -0.2) is 13.6 Å². The highest BCUT2D eigenvalue weighted by Gasteiger charge is 2.73. The summed E-state index contributed by atoms with van der Waals surface area (Å²) in [6.45, 7) is -0.647. The summed E-state index contributed by atoms with van der Waals surface area (Å²) in [5.74, 6) is -0.699. The van der Waals surface area contributed by atoms with E-state index in [1.54, 1.807) is 22.7 Å². The van der Waals surface area contributed by atoms with Crippen molar-refractivity contribution in [1.82, 2.24) is 9.58 Å². The summed E-state index contributed by atoms with van der Waals surface area (Å²) in [6.07, 6.45) is 1.02. The minimum atomic E-state index is -1.29. The van der Waals surface area contributed by atoms with E-state index >= 15 is 4.39 Å². The molecule has 2 aliphatic heterocycles. The van der Waals surface area contributed by atoms with Gasteiger partial charge in [0, 0.05) is 47.7 Å². The molecule has 1 amide bonds. The summed E-state index contributed by atoms with van der Waals surface area (Å²) >= 11 is 1.59. The van der Waals surface area contributed by atoms with Gasteiger partial charge in [-0.15, -0.1) is 11.8 Å². The van der Waals surface area contributed by atoms with Crippen molar-refractivity contribution in [1.29, 1.82) is 0 Å². The Balaban J connectivity index is 1.41. The highest BCUT2D eigenvalue weighted by molar-refractivity contribution is 7.98. The number of nitrogens with zero attached hydrogens (tertiary/aromatic N) is 3. The van der Waals surface area contributed by atoms with Crippen molar-refractivity contribution >= 4 is 23.8 Å². The average molecular weight is 582 g/mol. The molecular formula is C29H25F2N3O6S. The van der Waals surface area contributed by atoms with Crippen LogP contribution in [0.4, 0.5) is 13.6 Å². The number of halogens is 2. The molecule has 5 aliphatic rings. The van der Waals surface area contributed by atoms with Crippen molar-refractivity contribution in [2.45, 2.75) is 47.2 Å². The molecule has 0 radical (unpaired) electrons. The second kappa shape index (κ2) is 9.23. The van der Waals surface area contributed by atoms with E-state index in [4.69, 9.17) is 9.47 Å². The van der Waals surface area contributed by atoms with Gasteiger partial charge in [-0.3, -0.25) is 19.3 Å². The summed E-state index contributed by atoms with van der Waals surface area (Å²) in [7, 11) is 1.13. The number of ether oxygens (including phenoxy) is 3. The number of thioether (sulfide) groups is 1. The summed E-state index contributed by atoms with van der Waals surface area (Å²) in [6, 6.07) is 13.2. The number of hydrogen-bond donors (Lipinski definition) is 0. The number of aromatic nitrogens is 1. The predicted octanol–water partition coefficient (Wildman–Crippen LogP) is 4.50. The van der Waals surface area contributed by atoms with E-state index in [1.165, 1.54) is 23.0 Å². The van der Waals surface area contributed by atoms with E-state index in [0.29, 0.717) is 11.3 Å². The highest BCUT2D eigenvalue weighted by Crippen LogP contribution is 2.66. The Labute approximate surface area is 237 Å². The lowest BCUT2D eigenvalue weighted by Gasteiger charge is -2.70. The maximum Gasteiger partial charge on any atom is 0.510 e. The van der Waals surface area contributed by atoms with E-state index in [2.05, 4.69) is 4.74 Å². The van der Waals surface area contributed by atoms with Gasteiger partial charge in [0.05, 0.1) is 12.6 Å². The zero-order chi connectivity index (χ0) is 28.5. The minimum absolute atomic E-state index is 0.0281. The second-order valence-electron chi connectivity index (χ2n) is 10.8. The number of pyridine rings is 1. The molecule has 1 atom stereocenters. The lowest BCUT2D eigenvalue weighted by atomic mass is 9.46. The molecule has 212 valence electrons. The van der Waals surface area contributed by atoms with E-state index in [0.717, 1.165) is 23.1 Å². The topological polar surface area (TPSA) is 90.3 Å². The largest absolute Gasteiger partial charge is 0.510 e. The maximum atomic E-state index is 15.8. The number of amides is 1. The number of carbonyl (C=O) groups excluding carboxylic acids is 2. The second-order valence-corrected chi connectivity index (χ2v) is 11.8. The Morgan fingerprint density at radius 2 is 1.88 bits per heavy atom. The Bertz CT molecular complexity index is 1640. The molecule has 3 aliphatic carbocycles. The van der Waals surface area contributed by atoms with Gasteiger partial charge < -0.3 is 19.1 Å². The van der Waals surface area contributed by atoms with Crippen LogP contribution in [0.25, 0.3) is 0 Å². The fourth-order valence-electron chi connectivity index (χ4n) is 6.60. The van der Waals surface area contributed by atoms with Crippen molar-refractivity contribution in [3.8, 4) is 5.75 Å². The van der Waals surface area contributed by atoms with Crippen molar-refractivity contribution in [3.63, 3.8) is 0 Å². The number of benzene rings is 2. The van der Waals surface area contributed by atoms with Crippen LogP contribution in [0.3, 0.4) is 0 Å². The molecule has 1 aromatic heterocycles. The van der Waals surface area contributed by atoms with Crippen LogP contribution in [-0.2, 0) is 15.2 Å². The lowest BCUT2D eigenvalue weighted by molar-refractivity contribution is -0.214. The first-order valence-electron chi connectivity index (χ1n) is 13.1. The fourth-order valence-corrected chi connectivity index (χ4v) is 7.69.